The fraction of sp³-hybridized carbons (Fsp3) is 0.0952. The number of halogens is 3. The fourth-order valence-corrected chi connectivity index (χ4v) is 4.37. The number of nitrogens with one attached hydrogen (secondary N) is 1. The summed E-state index contributed by atoms with van der Waals surface area (Å²) in [6, 6.07) is 13.0. The number of benzene rings is 3. The van der Waals surface area contributed by atoms with E-state index in [0.29, 0.717) is 35.9 Å². The lowest BCUT2D eigenvalue weighted by atomic mass is 9.93. The zero-order chi connectivity index (χ0) is 20.6. The van der Waals surface area contributed by atoms with E-state index in [-0.39, 0.29) is 5.69 Å². The fourth-order valence-electron chi connectivity index (χ4n) is 3.23. The first-order chi connectivity index (χ1) is 13.8. The minimum absolute atomic E-state index is 0.150. The molecule has 1 aliphatic rings. The molecule has 0 radical (unpaired) electrons. The second-order valence-corrected chi connectivity index (χ2v) is 8.19. The van der Waals surface area contributed by atoms with Gasteiger partial charge < -0.3 is 0 Å². The Hall–Kier alpha value is -3.13. The van der Waals surface area contributed by atoms with Crippen LogP contribution in [-0.4, -0.2) is 20.7 Å². The molecule has 0 saturated heterocycles. The Morgan fingerprint density at radius 2 is 1.66 bits per heavy atom. The molecule has 0 saturated carbocycles. The van der Waals surface area contributed by atoms with Gasteiger partial charge >= 0.3 is 0 Å². The molecule has 0 amide bonds. The maximum Gasteiger partial charge on any atom is 0.264 e. The SMILES string of the molecule is O=S(=O)(Nc1cccc(C2=NCCc3ccc(F)cc32)c1)c1cc(F)ccc1F. The van der Waals surface area contributed by atoms with Crippen LogP contribution in [0.2, 0.25) is 0 Å². The number of nitrogens with zero attached hydrogens (tertiary/aromatic N) is 1. The molecule has 3 aromatic carbocycles. The van der Waals surface area contributed by atoms with Gasteiger partial charge in [-0.2, -0.15) is 0 Å². The Labute approximate surface area is 165 Å². The third-order valence-corrected chi connectivity index (χ3v) is 5.95. The normalized spacial score (nSPS) is 13.6. The summed E-state index contributed by atoms with van der Waals surface area (Å²) in [5, 5.41) is 0. The first-order valence-electron chi connectivity index (χ1n) is 8.75. The lowest BCUT2D eigenvalue weighted by molar-refractivity contribution is 0.555. The zero-order valence-electron chi connectivity index (χ0n) is 15.0. The standard InChI is InChI=1S/C21H15F3N2O2S/c22-15-5-4-13-8-9-25-21(18(13)11-15)14-2-1-3-17(10-14)26-29(27,28)20-12-16(23)6-7-19(20)24/h1-7,10-12,26H,8-9H2. The molecule has 0 bridgehead atoms. The predicted octanol–water partition coefficient (Wildman–Crippen LogP) is 4.30. The molecular weight excluding hydrogens is 401 g/mol. The molecule has 0 unspecified atom stereocenters. The van der Waals surface area contributed by atoms with E-state index in [0.717, 1.165) is 17.7 Å². The molecule has 29 heavy (non-hydrogen) atoms. The Bertz CT molecular complexity index is 1240. The number of hydrogen-bond donors (Lipinski definition) is 1. The van der Waals surface area contributed by atoms with E-state index >= 15 is 0 Å². The van der Waals surface area contributed by atoms with Crippen LogP contribution in [0, 0.1) is 17.5 Å². The van der Waals surface area contributed by atoms with Crippen molar-refractivity contribution in [3.05, 3.63) is 94.8 Å². The van der Waals surface area contributed by atoms with Crippen molar-refractivity contribution >= 4 is 21.4 Å². The summed E-state index contributed by atoms with van der Waals surface area (Å²) in [5.41, 5.74) is 2.87. The minimum Gasteiger partial charge on any atom is -0.284 e. The highest BCUT2D eigenvalue weighted by atomic mass is 32.2. The zero-order valence-corrected chi connectivity index (χ0v) is 15.8. The molecule has 0 aliphatic carbocycles. The minimum atomic E-state index is -4.35. The molecule has 1 N–H and O–H groups in total. The molecule has 0 aromatic heterocycles. The first-order valence-corrected chi connectivity index (χ1v) is 10.2. The average Bonchev–Trinajstić information content (AvgIpc) is 2.69. The van der Waals surface area contributed by atoms with Crippen molar-refractivity contribution in [3.8, 4) is 0 Å². The van der Waals surface area contributed by atoms with Gasteiger partial charge in [0.1, 0.15) is 22.3 Å². The highest BCUT2D eigenvalue weighted by Crippen LogP contribution is 2.25. The first kappa shape index (κ1) is 19.2. The lowest BCUT2D eigenvalue weighted by Gasteiger charge is -2.18. The molecule has 4 rings (SSSR count). The van der Waals surface area contributed by atoms with Gasteiger partial charge in [-0.15, -0.1) is 0 Å². The Morgan fingerprint density at radius 1 is 0.897 bits per heavy atom. The third-order valence-electron chi connectivity index (χ3n) is 4.55. The summed E-state index contributed by atoms with van der Waals surface area (Å²) in [6.07, 6.45) is 0.685. The maximum atomic E-state index is 13.9. The molecular formula is C21H15F3N2O2S. The van der Waals surface area contributed by atoms with Crippen LogP contribution in [0.25, 0.3) is 0 Å². The van der Waals surface area contributed by atoms with Gasteiger partial charge in [0.15, 0.2) is 0 Å². The maximum absolute atomic E-state index is 13.9. The third kappa shape index (κ3) is 3.88. The van der Waals surface area contributed by atoms with Crippen LogP contribution >= 0.6 is 0 Å². The van der Waals surface area contributed by atoms with Crippen LogP contribution in [0.3, 0.4) is 0 Å². The second kappa shape index (κ2) is 7.36. The summed E-state index contributed by atoms with van der Waals surface area (Å²) in [4.78, 5) is 3.68. The Morgan fingerprint density at radius 3 is 2.48 bits per heavy atom. The van der Waals surface area contributed by atoms with Crippen LogP contribution in [0.15, 0.2) is 70.6 Å². The van der Waals surface area contributed by atoms with Crippen LogP contribution in [0.5, 0.6) is 0 Å². The smallest absolute Gasteiger partial charge is 0.264 e. The van der Waals surface area contributed by atoms with Crippen LogP contribution < -0.4 is 4.72 Å². The van der Waals surface area contributed by atoms with Gasteiger partial charge in [-0.25, -0.2) is 21.6 Å². The summed E-state index contributed by atoms with van der Waals surface area (Å²) < 4.78 is 68.3. The molecule has 8 heteroatoms. The van der Waals surface area contributed by atoms with Crippen molar-refractivity contribution in [2.24, 2.45) is 4.99 Å². The Kier molecular flexibility index (Phi) is 4.87. The van der Waals surface area contributed by atoms with Crippen molar-refractivity contribution in [1.82, 2.24) is 0 Å². The largest absolute Gasteiger partial charge is 0.284 e. The number of fused-ring (bicyclic) bond motifs is 1. The van der Waals surface area contributed by atoms with E-state index in [9.17, 15) is 21.6 Å². The van der Waals surface area contributed by atoms with E-state index < -0.39 is 32.4 Å². The topological polar surface area (TPSA) is 58.5 Å². The van der Waals surface area contributed by atoms with Crippen LogP contribution in [-0.2, 0) is 16.4 Å². The summed E-state index contributed by atoms with van der Waals surface area (Å²) in [5.74, 6) is -2.32. The van der Waals surface area contributed by atoms with Gasteiger partial charge in [0.05, 0.1) is 5.71 Å². The van der Waals surface area contributed by atoms with Crippen molar-refractivity contribution in [2.75, 3.05) is 11.3 Å². The van der Waals surface area contributed by atoms with Gasteiger partial charge in [0.25, 0.3) is 10.0 Å². The van der Waals surface area contributed by atoms with Gasteiger partial charge in [-0.05, 0) is 54.4 Å². The van der Waals surface area contributed by atoms with Crippen molar-refractivity contribution in [3.63, 3.8) is 0 Å². The molecule has 0 atom stereocenters. The average molecular weight is 416 g/mol. The van der Waals surface area contributed by atoms with E-state index in [2.05, 4.69) is 9.71 Å². The highest BCUT2D eigenvalue weighted by molar-refractivity contribution is 7.92. The van der Waals surface area contributed by atoms with Gasteiger partial charge in [0.2, 0.25) is 0 Å². The van der Waals surface area contributed by atoms with E-state index in [1.54, 1.807) is 18.2 Å². The molecule has 3 aromatic rings. The molecule has 0 fully saturated rings. The van der Waals surface area contributed by atoms with E-state index in [4.69, 9.17) is 0 Å². The number of rotatable bonds is 4. The number of anilines is 1. The van der Waals surface area contributed by atoms with Crippen LogP contribution in [0.1, 0.15) is 16.7 Å². The van der Waals surface area contributed by atoms with Crippen molar-refractivity contribution in [2.45, 2.75) is 11.3 Å². The second-order valence-electron chi connectivity index (χ2n) is 6.54. The van der Waals surface area contributed by atoms with E-state index in [1.165, 1.54) is 24.3 Å². The highest BCUT2D eigenvalue weighted by Gasteiger charge is 2.21. The summed E-state index contributed by atoms with van der Waals surface area (Å²) in [7, 11) is -4.35. The predicted molar refractivity (Wildman–Crippen MR) is 104 cm³/mol. The van der Waals surface area contributed by atoms with E-state index in [1.807, 2.05) is 0 Å². The number of sulfonamides is 1. The van der Waals surface area contributed by atoms with Gasteiger partial charge in [-0.3, -0.25) is 9.71 Å². The summed E-state index contributed by atoms with van der Waals surface area (Å²) >= 11 is 0. The molecule has 148 valence electrons. The van der Waals surface area contributed by atoms with Crippen molar-refractivity contribution in [1.29, 1.82) is 0 Å². The number of aliphatic imine (C=N–C) groups is 1. The van der Waals surface area contributed by atoms with Gasteiger partial charge in [0, 0.05) is 23.4 Å². The molecule has 4 nitrogen and oxygen atoms in total. The molecule has 1 heterocycles. The Balaban J connectivity index is 1.70. The number of hydrogen-bond acceptors (Lipinski definition) is 3. The lowest BCUT2D eigenvalue weighted by Crippen LogP contribution is -2.17. The van der Waals surface area contributed by atoms with Crippen LogP contribution in [0.4, 0.5) is 18.9 Å². The monoisotopic (exact) mass is 416 g/mol. The molecule has 0 spiro atoms. The van der Waals surface area contributed by atoms with Gasteiger partial charge in [-0.1, -0.05) is 18.2 Å². The van der Waals surface area contributed by atoms with Crippen molar-refractivity contribution < 1.29 is 21.6 Å². The quantitative estimate of drug-likeness (QED) is 0.690. The summed E-state index contributed by atoms with van der Waals surface area (Å²) in [6.45, 7) is 0.526. The molecule has 1 aliphatic heterocycles.